The number of hydrogen-bond donors (Lipinski definition) is 2. The average Bonchev–Trinajstić information content (AvgIpc) is 2.60. The minimum absolute atomic E-state index is 0.120. The molecule has 2 N–H and O–H groups in total. The third kappa shape index (κ3) is 3.00. The molecule has 0 aliphatic carbocycles. The highest BCUT2D eigenvalue weighted by molar-refractivity contribution is 5.58. The van der Waals surface area contributed by atoms with Crippen molar-refractivity contribution < 1.29 is 23.0 Å². The van der Waals surface area contributed by atoms with Crippen molar-refractivity contribution in [2.45, 2.75) is 30.8 Å². The molecular weight excluding hydrogens is 331 g/mol. The van der Waals surface area contributed by atoms with E-state index in [1.54, 1.807) is 0 Å². The van der Waals surface area contributed by atoms with Gasteiger partial charge in [0.25, 0.3) is 0 Å². The second-order valence-electron chi connectivity index (χ2n) is 6.64. The minimum atomic E-state index is -4.39. The van der Waals surface area contributed by atoms with Crippen LogP contribution in [0.5, 0.6) is 0 Å². The Morgan fingerprint density at radius 2 is 1.84 bits per heavy atom. The van der Waals surface area contributed by atoms with E-state index in [-0.39, 0.29) is 18.6 Å². The van der Waals surface area contributed by atoms with Gasteiger partial charge in [-0.1, -0.05) is 30.3 Å². The molecule has 25 heavy (non-hydrogen) atoms. The summed E-state index contributed by atoms with van der Waals surface area (Å²) in [5.74, 6) is -0.137. The zero-order chi connectivity index (χ0) is 17.6. The second-order valence-corrected chi connectivity index (χ2v) is 6.64. The van der Waals surface area contributed by atoms with Crippen molar-refractivity contribution in [3.63, 3.8) is 0 Å². The summed E-state index contributed by atoms with van der Waals surface area (Å²) < 4.78 is 45.0. The molecule has 132 valence electrons. The van der Waals surface area contributed by atoms with Crippen molar-refractivity contribution in [1.29, 1.82) is 0 Å². The Morgan fingerprint density at radius 1 is 1.08 bits per heavy atom. The fourth-order valence-corrected chi connectivity index (χ4v) is 3.85. The Hall–Kier alpha value is -2.05. The summed E-state index contributed by atoms with van der Waals surface area (Å²) >= 11 is 0. The van der Waals surface area contributed by atoms with Gasteiger partial charge in [0.05, 0.1) is 30.4 Å². The Balaban J connectivity index is 1.78. The topological polar surface area (TPSA) is 41.5 Å². The highest BCUT2D eigenvalue weighted by Gasteiger charge is 2.43. The lowest BCUT2D eigenvalue weighted by Gasteiger charge is -2.44. The van der Waals surface area contributed by atoms with Gasteiger partial charge >= 0.3 is 6.18 Å². The maximum Gasteiger partial charge on any atom is 0.416 e. The molecule has 4 rings (SSSR count). The fraction of sp³-hybridized carbons (Fsp3) is 0.368. The monoisotopic (exact) mass is 349 g/mol. The maximum atomic E-state index is 13.1. The normalized spacial score (nSPS) is 28.6. The summed E-state index contributed by atoms with van der Waals surface area (Å²) in [7, 11) is 0. The van der Waals surface area contributed by atoms with Crippen molar-refractivity contribution in [2.24, 2.45) is 5.92 Å². The van der Waals surface area contributed by atoms with Gasteiger partial charge in [-0.25, -0.2) is 0 Å². The molecule has 4 atom stereocenters. The fourth-order valence-electron chi connectivity index (χ4n) is 3.85. The summed E-state index contributed by atoms with van der Waals surface area (Å²) in [4.78, 5) is 0. The zero-order valence-corrected chi connectivity index (χ0v) is 13.3. The molecule has 0 saturated carbocycles. The largest absolute Gasteiger partial charge is 0.416 e. The van der Waals surface area contributed by atoms with Crippen LogP contribution in [-0.2, 0) is 10.9 Å². The molecule has 4 unspecified atom stereocenters. The van der Waals surface area contributed by atoms with E-state index in [0.29, 0.717) is 17.7 Å². The maximum absolute atomic E-state index is 13.1. The Kier molecular flexibility index (Phi) is 3.96. The highest BCUT2D eigenvalue weighted by atomic mass is 19.4. The number of hydrogen-bond acceptors (Lipinski definition) is 3. The first-order valence-electron chi connectivity index (χ1n) is 8.26. The lowest BCUT2D eigenvalue weighted by atomic mass is 9.76. The zero-order valence-electron chi connectivity index (χ0n) is 13.3. The summed E-state index contributed by atoms with van der Waals surface area (Å²) in [6.07, 6.45) is -4.99. The number of fused-ring (bicyclic) bond motifs is 3. The van der Waals surface area contributed by atoms with E-state index >= 15 is 0 Å². The van der Waals surface area contributed by atoms with E-state index in [9.17, 15) is 18.3 Å². The lowest BCUT2D eigenvalue weighted by Crippen LogP contribution is -2.41. The molecule has 2 aromatic carbocycles. The Bertz CT molecular complexity index is 763. The first kappa shape index (κ1) is 16.4. The van der Waals surface area contributed by atoms with Crippen molar-refractivity contribution >= 4 is 5.69 Å². The van der Waals surface area contributed by atoms with E-state index < -0.39 is 23.9 Å². The number of benzene rings is 2. The first-order valence-corrected chi connectivity index (χ1v) is 8.26. The van der Waals surface area contributed by atoms with Gasteiger partial charge in [0.1, 0.15) is 0 Å². The van der Waals surface area contributed by atoms with Crippen LogP contribution in [0.2, 0.25) is 0 Å². The van der Waals surface area contributed by atoms with Gasteiger partial charge in [0.2, 0.25) is 0 Å². The minimum Gasteiger partial charge on any atom is -0.391 e. The number of rotatable bonds is 1. The van der Waals surface area contributed by atoms with E-state index in [4.69, 9.17) is 4.74 Å². The van der Waals surface area contributed by atoms with Gasteiger partial charge in [0, 0.05) is 17.2 Å². The van der Waals surface area contributed by atoms with Crippen LogP contribution in [0.3, 0.4) is 0 Å². The van der Waals surface area contributed by atoms with Crippen LogP contribution in [0.1, 0.15) is 35.3 Å². The molecule has 6 heteroatoms. The van der Waals surface area contributed by atoms with Crippen molar-refractivity contribution in [1.82, 2.24) is 0 Å². The van der Waals surface area contributed by atoms with E-state index in [1.165, 1.54) is 12.1 Å². The van der Waals surface area contributed by atoms with Crippen LogP contribution in [0, 0.1) is 5.92 Å². The summed E-state index contributed by atoms with van der Waals surface area (Å²) in [6.45, 7) is 0.137. The molecular formula is C19H18F3NO2. The molecule has 0 spiro atoms. The molecule has 2 aromatic rings. The van der Waals surface area contributed by atoms with Crippen LogP contribution in [0.25, 0.3) is 0 Å². The highest BCUT2D eigenvalue weighted by Crippen LogP contribution is 2.50. The average molecular weight is 349 g/mol. The number of aliphatic hydroxyl groups excluding tert-OH is 1. The quantitative estimate of drug-likeness (QED) is 0.806. The molecule has 2 aliphatic heterocycles. The molecule has 3 nitrogen and oxygen atoms in total. The Morgan fingerprint density at radius 3 is 2.56 bits per heavy atom. The van der Waals surface area contributed by atoms with Gasteiger partial charge in [-0.2, -0.15) is 13.2 Å². The number of ether oxygens (including phenoxy) is 1. The smallest absolute Gasteiger partial charge is 0.391 e. The molecule has 2 heterocycles. The molecule has 0 amide bonds. The van der Waals surface area contributed by atoms with Gasteiger partial charge in [-0.15, -0.1) is 0 Å². The second kappa shape index (κ2) is 6.04. The number of aliphatic hydroxyl groups is 1. The number of anilines is 1. The Labute approximate surface area is 143 Å². The van der Waals surface area contributed by atoms with Crippen LogP contribution < -0.4 is 5.32 Å². The van der Waals surface area contributed by atoms with Gasteiger partial charge in [-0.3, -0.25) is 0 Å². The van der Waals surface area contributed by atoms with Crippen LogP contribution >= 0.6 is 0 Å². The molecule has 0 bridgehead atoms. The molecule has 0 radical (unpaired) electrons. The molecule has 1 fully saturated rings. The van der Waals surface area contributed by atoms with E-state index in [2.05, 4.69) is 5.32 Å². The lowest BCUT2D eigenvalue weighted by molar-refractivity contribution is -0.138. The van der Waals surface area contributed by atoms with Crippen molar-refractivity contribution in [3.8, 4) is 0 Å². The SMILES string of the molecule is OC1COC2c3cc(C(F)(F)F)ccc3NC(c3ccccc3)C2C1. The predicted octanol–water partition coefficient (Wildman–Crippen LogP) is 4.31. The van der Waals surface area contributed by atoms with Gasteiger partial charge in [0.15, 0.2) is 0 Å². The molecule has 2 aliphatic rings. The van der Waals surface area contributed by atoms with E-state index in [0.717, 1.165) is 11.6 Å². The van der Waals surface area contributed by atoms with Crippen molar-refractivity contribution in [2.75, 3.05) is 11.9 Å². The predicted molar refractivity (Wildman–Crippen MR) is 87.1 cm³/mol. The number of halogens is 3. The third-order valence-corrected chi connectivity index (χ3v) is 4.98. The summed E-state index contributed by atoms with van der Waals surface area (Å²) in [6, 6.07) is 13.3. The molecule has 1 saturated heterocycles. The van der Waals surface area contributed by atoms with E-state index in [1.807, 2.05) is 30.3 Å². The van der Waals surface area contributed by atoms with Crippen LogP contribution in [0.15, 0.2) is 48.5 Å². The summed E-state index contributed by atoms with van der Waals surface area (Å²) in [5.41, 5.74) is 1.51. The molecule has 0 aromatic heterocycles. The first-order chi connectivity index (χ1) is 11.9. The van der Waals surface area contributed by atoms with Crippen molar-refractivity contribution in [3.05, 3.63) is 65.2 Å². The summed E-state index contributed by atoms with van der Waals surface area (Å²) in [5, 5.41) is 13.4. The van der Waals surface area contributed by atoms with Gasteiger partial charge in [-0.05, 0) is 30.2 Å². The van der Waals surface area contributed by atoms with Gasteiger partial charge < -0.3 is 15.2 Å². The standard InChI is InChI=1S/C19H18F3NO2/c20-19(21,22)12-6-7-16-14(8-12)18-15(9-13(24)10-25-18)17(23-16)11-4-2-1-3-5-11/h1-8,13,15,17-18,23-24H,9-10H2. The number of alkyl halides is 3. The van der Waals surface area contributed by atoms with Crippen LogP contribution in [0.4, 0.5) is 18.9 Å². The van der Waals surface area contributed by atoms with Crippen LogP contribution in [-0.4, -0.2) is 17.8 Å². The third-order valence-electron chi connectivity index (χ3n) is 4.98. The number of nitrogens with one attached hydrogen (secondary N) is 1.